The van der Waals surface area contributed by atoms with E-state index in [4.69, 9.17) is 12.2 Å². The first kappa shape index (κ1) is 20.9. The summed E-state index contributed by atoms with van der Waals surface area (Å²) in [6.45, 7) is 4.21. The highest BCUT2D eigenvalue weighted by atomic mass is 32.9. The van der Waals surface area contributed by atoms with E-state index in [1.807, 2.05) is 12.1 Å². The van der Waals surface area contributed by atoms with Crippen LogP contribution in [0.2, 0.25) is 0 Å². The van der Waals surface area contributed by atoms with Gasteiger partial charge in [0.25, 0.3) is 0 Å². The van der Waals surface area contributed by atoms with E-state index in [0.717, 1.165) is 54.6 Å². The standard InChI is InChI=1S/C21H29NO2S3/c1-2-3-7-18-20(26-27-21(18)25)15-8-9-19(24)16(13-15)14-22-11-5-4-6-17(22)10-12-23/h8-9,13,17,23-24H,2-7,10-12,14H2,1H3. The van der Waals surface area contributed by atoms with Crippen molar-refractivity contribution in [2.24, 2.45) is 0 Å². The number of hydrogen-bond donors (Lipinski definition) is 2. The molecule has 1 unspecified atom stereocenters. The van der Waals surface area contributed by atoms with Crippen LogP contribution in [-0.2, 0) is 13.0 Å². The molecule has 1 aromatic carbocycles. The number of phenols is 1. The van der Waals surface area contributed by atoms with E-state index in [1.165, 1.54) is 28.8 Å². The quantitative estimate of drug-likeness (QED) is 0.404. The van der Waals surface area contributed by atoms with E-state index in [2.05, 4.69) is 17.9 Å². The lowest BCUT2D eigenvalue weighted by Gasteiger charge is -2.35. The Labute approximate surface area is 174 Å². The van der Waals surface area contributed by atoms with Crippen molar-refractivity contribution < 1.29 is 10.2 Å². The van der Waals surface area contributed by atoms with Crippen molar-refractivity contribution in [3.8, 4) is 16.2 Å². The first-order chi connectivity index (χ1) is 13.1. The Morgan fingerprint density at radius 1 is 1.26 bits per heavy atom. The number of nitrogens with zero attached hydrogens (tertiary/aromatic N) is 1. The van der Waals surface area contributed by atoms with Crippen LogP contribution in [0.1, 0.15) is 56.6 Å². The first-order valence-corrected chi connectivity index (χ1v) is 12.5. The molecule has 148 valence electrons. The number of unbranched alkanes of at least 4 members (excludes halogenated alkanes) is 1. The molecule has 2 heterocycles. The number of aromatic hydroxyl groups is 1. The number of piperidine rings is 1. The van der Waals surface area contributed by atoms with E-state index < -0.39 is 0 Å². The summed E-state index contributed by atoms with van der Waals surface area (Å²) in [6, 6.07) is 6.40. The molecule has 6 heteroatoms. The van der Waals surface area contributed by atoms with E-state index >= 15 is 0 Å². The van der Waals surface area contributed by atoms with Crippen molar-refractivity contribution in [2.75, 3.05) is 13.2 Å². The van der Waals surface area contributed by atoms with Gasteiger partial charge in [-0.15, -0.1) is 0 Å². The zero-order valence-electron chi connectivity index (χ0n) is 15.9. The van der Waals surface area contributed by atoms with Crippen LogP contribution < -0.4 is 0 Å². The average molecular weight is 424 g/mol. The molecule has 3 rings (SSSR count). The normalized spacial score (nSPS) is 18.1. The Hall–Kier alpha value is -0.790. The van der Waals surface area contributed by atoms with Gasteiger partial charge in [-0.05, 0) is 68.0 Å². The Kier molecular flexibility index (Phi) is 7.85. The van der Waals surface area contributed by atoms with Crippen molar-refractivity contribution in [1.82, 2.24) is 4.90 Å². The van der Waals surface area contributed by atoms with Crippen molar-refractivity contribution in [3.63, 3.8) is 0 Å². The van der Waals surface area contributed by atoms with Crippen LogP contribution in [0.3, 0.4) is 0 Å². The molecule has 1 aromatic heterocycles. The fraction of sp³-hybridized carbons (Fsp3) is 0.571. The number of aliphatic hydroxyl groups is 1. The van der Waals surface area contributed by atoms with Crippen LogP contribution >= 0.6 is 32.9 Å². The maximum Gasteiger partial charge on any atom is 0.120 e. The third kappa shape index (κ3) is 5.18. The van der Waals surface area contributed by atoms with Gasteiger partial charge in [0.2, 0.25) is 0 Å². The minimum absolute atomic E-state index is 0.228. The third-order valence-electron chi connectivity index (χ3n) is 5.43. The summed E-state index contributed by atoms with van der Waals surface area (Å²) in [7, 11) is 3.44. The Morgan fingerprint density at radius 2 is 2.11 bits per heavy atom. The molecular weight excluding hydrogens is 394 g/mol. The van der Waals surface area contributed by atoms with Gasteiger partial charge in [-0.25, -0.2) is 0 Å². The Bertz CT molecular complexity index is 797. The second kappa shape index (κ2) is 10.1. The van der Waals surface area contributed by atoms with Gasteiger partial charge < -0.3 is 10.2 Å². The predicted octanol–water partition coefficient (Wildman–Crippen LogP) is 5.99. The van der Waals surface area contributed by atoms with Gasteiger partial charge in [0.1, 0.15) is 9.57 Å². The van der Waals surface area contributed by atoms with E-state index in [9.17, 15) is 10.2 Å². The highest BCUT2D eigenvalue weighted by Gasteiger charge is 2.23. The van der Waals surface area contributed by atoms with Gasteiger partial charge >= 0.3 is 0 Å². The molecular formula is C21H29NO2S3. The molecule has 0 saturated carbocycles. The van der Waals surface area contributed by atoms with Gasteiger partial charge in [0.15, 0.2) is 0 Å². The lowest BCUT2D eigenvalue weighted by molar-refractivity contribution is 0.111. The van der Waals surface area contributed by atoms with Gasteiger partial charge in [-0.1, -0.05) is 52.7 Å². The summed E-state index contributed by atoms with van der Waals surface area (Å²) >= 11 is 5.57. The second-order valence-corrected chi connectivity index (χ2v) is 10.2. The summed E-state index contributed by atoms with van der Waals surface area (Å²) in [5, 5.41) is 19.8. The summed E-state index contributed by atoms with van der Waals surface area (Å²) in [5.74, 6) is 0.362. The number of hydrogen-bond acceptors (Lipinski definition) is 6. The minimum Gasteiger partial charge on any atom is -0.508 e. The number of phenolic OH excluding ortho intramolecular Hbond substituents is 1. The maximum atomic E-state index is 10.5. The molecule has 1 aliphatic rings. The summed E-state index contributed by atoms with van der Waals surface area (Å²) in [6.07, 6.45) is 7.72. The van der Waals surface area contributed by atoms with Crippen molar-refractivity contribution in [2.45, 2.75) is 64.5 Å². The highest BCUT2D eigenvalue weighted by Crippen LogP contribution is 2.38. The number of benzene rings is 1. The van der Waals surface area contributed by atoms with Gasteiger partial charge in [0.05, 0.1) is 4.88 Å². The molecule has 2 N–H and O–H groups in total. The molecule has 0 amide bonds. The highest BCUT2D eigenvalue weighted by molar-refractivity contribution is 7.80. The molecule has 3 nitrogen and oxygen atoms in total. The molecule has 1 fully saturated rings. The Balaban J connectivity index is 1.85. The number of likely N-dealkylation sites (tertiary alicyclic amines) is 1. The molecule has 0 aliphatic carbocycles. The molecule has 1 atom stereocenters. The fourth-order valence-electron chi connectivity index (χ4n) is 3.88. The van der Waals surface area contributed by atoms with Gasteiger partial charge in [-0.2, -0.15) is 0 Å². The lowest BCUT2D eigenvalue weighted by Crippen LogP contribution is -2.39. The summed E-state index contributed by atoms with van der Waals surface area (Å²) in [5.41, 5.74) is 3.44. The average Bonchev–Trinajstić information content (AvgIpc) is 3.04. The summed E-state index contributed by atoms with van der Waals surface area (Å²) < 4.78 is 1.01. The smallest absolute Gasteiger partial charge is 0.120 e. The molecule has 0 spiro atoms. The van der Waals surface area contributed by atoms with Crippen molar-refractivity contribution >= 4 is 32.9 Å². The fourth-order valence-corrected chi connectivity index (χ4v) is 6.88. The van der Waals surface area contributed by atoms with Crippen LogP contribution in [0.4, 0.5) is 0 Å². The maximum absolute atomic E-state index is 10.5. The van der Waals surface area contributed by atoms with Crippen molar-refractivity contribution in [1.29, 1.82) is 0 Å². The van der Waals surface area contributed by atoms with Gasteiger partial charge in [-0.3, -0.25) is 4.90 Å². The Morgan fingerprint density at radius 3 is 2.89 bits per heavy atom. The second-order valence-electron chi connectivity index (χ2n) is 7.34. The molecule has 27 heavy (non-hydrogen) atoms. The van der Waals surface area contributed by atoms with Crippen LogP contribution in [-0.4, -0.2) is 34.3 Å². The number of rotatable bonds is 8. The van der Waals surface area contributed by atoms with E-state index in [1.54, 1.807) is 20.7 Å². The zero-order chi connectivity index (χ0) is 19.2. The van der Waals surface area contributed by atoms with Crippen LogP contribution in [0.25, 0.3) is 10.4 Å². The molecule has 0 radical (unpaired) electrons. The molecule has 2 aromatic rings. The molecule has 1 saturated heterocycles. The largest absolute Gasteiger partial charge is 0.508 e. The van der Waals surface area contributed by atoms with E-state index in [-0.39, 0.29) is 6.61 Å². The third-order valence-corrected chi connectivity index (χ3v) is 8.62. The van der Waals surface area contributed by atoms with Crippen LogP contribution in [0.5, 0.6) is 5.75 Å². The molecule has 1 aliphatic heterocycles. The van der Waals surface area contributed by atoms with Crippen LogP contribution in [0.15, 0.2) is 18.2 Å². The van der Waals surface area contributed by atoms with Crippen LogP contribution in [0, 0.1) is 3.82 Å². The van der Waals surface area contributed by atoms with Gasteiger partial charge in [0, 0.05) is 24.8 Å². The lowest BCUT2D eigenvalue weighted by atomic mass is 9.98. The number of aliphatic hydroxyl groups excluding tert-OH is 1. The summed E-state index contributed by atoms with van der Waals surface area (Å²) in [4.78, 5) is 3.69. The zero-order valence-corrected chi connectivity index (χ0v) is 18.4. The van der Waals surface area contributed by atoms with E-state index in [0.29, 0.717) is 11.8 Å². The SMILES string of the molecule is CCCCc1c(-c2ccc(O)c(CN3CCCCC3CCO)c2)ssc1=S. The first-order valence-electron chi connectivity index (χ1n) is 9.93. The predicted molar refractivity (Wildman–Crippen MR) is 118 cm³/mol. The topological polar surface area (TPSA) is 43.7 Å². The monoisotopic (exact) mass is 423 g/mol. The molecule has 0 bridgehead atoms. The minimum atomic E-state index is 0.228. The van der Waals surface area contributed by atoms with Crippen molar-refractivity contribution in [3.05, 3.63) is 33.1 Å².